The number of nitrogens with zero attached hydrogens (tertiary/aromatic N) is 2. The number of aromatic nitrogens is 1. The molecule has 6 heteroatoms. The van der Waals surface area contributed by atoms with Crippen LogP contribution in [-0.2, 0) is 12.8 Å². The third-order valence-electron chi connectivity index (χ3n) is 5.62. The average Bonchev–Trinajstić information content (AvgIpc) is 2.93. The first-order chi connectivity index (χ1) is 18.3. The smallest absolute Gasteiger partial charge is 0.337 e. The van der Waals surface area contributed by atoms with E-state index in [1.807, 2.05) is 65.8 Å². The maximum absolute atomic E-state index is 11.2. The van der Waals surface area contributed by atoms with Gasteiger partial charge in [0.15, 0.2) is 0 Å². The molecule has 38 heavy (non-hydrogen) atoms. The minimum Gasteiger partial charge on any atom is -0.478 e. The predicted molar refractivity (Wildman–Crippen MR) is 162 cm³/mol. The van der Waals surface area contributed by atoms with Crippen molar-refractivity contribution in [3.63, 3.8) is 0 Å². The van der Waals surface area contributed by atoms with Gasteiger partial charge in [-0.2, -0.15) is 0 Å². The predicted octanol–water partition coefficient (Wildman–Crippen LogP) is 7.90. The molecule has 204 valence electrons. The van der Waals surface area contributed by atoms with Gasteiger partial charge in [-0.25, -0.2) is 4.79 Å². The molecule has 0 spiro atoms. The summed E-state index contributed by atoms with van der Waals surface area (Å²) in [5.41, 5.74) is 4.18. The number of nitrogens with one attached hydrogen (secondary N) is 1. The zero-order valence-corrected chi connectivity index (χ0v) is 24.5. The molecule has 2 N–H and O–H groups in total. The number of benzene rings is 1. The highest BCUT2D eigenvalue weighted by Gasteiger charge is 2.32. The van der Waals surface area contributed by atoms with Gasteiger partial charge in [-0.3, -0.25) is 9.98 Å². The molecule has 1 aromatic heterocycles. The summed E-state index contributed by atoms with van der Waals surface area (Å²) in [6.45, 7) is 12.0. The number of carbonyl (C=O) groups is 1. The molecule has 0 amide bonds. The first-order valence-corrected chi connectivity index (χ1v) is 13.6. The molecule has 2 unspecified atom stereocenters. The number of rotatable bonds is 8. The van der Waals surface area contributed by atoms with Gasteiger partial charge in [0.25, 0.3) is 0 Å². The van der Waals surface area contributed by atoms with Crippen molar-refractivity contribution in [3.05, 3.63) is 113 Å². The number of halogens is 1. The summed E-state index contributed by atoms with van der Waals surface area (Å²) in [6.07, 6.45) is 18.7. The van der Waals surface area contributed by atoms with Crippen LogP contribution >= 0.6 is 11.6 Å². The second kappa shape index (κ2) is 17.1. The van der Waals surface area contributed by atoms with E-state index in [0.717, 1.165) is 23.2 Å². The lowest BCUT2D eigenvalue weighted by Crippen LogP contribution is -2.31. The Morgan fingerprint density at radius 1 is 1.13 bits per heavy atom. The van der Waals surface area contributed by atoms with Crippen LogP contribution in [0.2, 0.25) is 0 Å². The van der Waals surface area contributed by atoms with Crippen molar-refractivity contribution < 1.29 is 9.90 Å². The van der Waals surface area contributed by atoms with E-state index in [2.05, 4.69) is 57.8 Å². The van der Waals surface area contributed by atoms with Gasteiger partial charge in [-0.15, -0.1) is 11.6 Å². The van der Waals surface area contributed by atoms with E-state index in [1.165, 1.54) is 11.8 Å². The van der Waals surface area contributed by atoms with Gasteiger partial charge >= 0.3 is 5.97 Å². The number of aliphatic imine (C=N–C) groups is 1. The molecule has 0 saturated heterocycles. The number of alkyl halides is 1. The summed E-state index contributed by atoms with van der Waals surface area (Å²) in [5.74, 6) is -0.274. The molecule has 0 bridgehead atoms. The molecule has 0 radical (unpaired) electrons. The molecule has 3 rings (SSSR count). The number of allylic oxidation sites excluding steroid dienone is 7. The van der Waals surface area contributed by atoms with Crippen LogP contribution in [0.1, 0.15) is 74.5 Å². The Morgan fingerprint density at radius 2 is 1.82 bits per heavy atom. The number of aromatic carboxylic acids is 1. The fourth-order valence-electron chi connectivity index (χ4n) is 3.84. The Morgan fingerprint density at radius 3 is 2.39 bits per heavy atom. The second-order valence-corrected chi connectivity index (χ2v) is 9.16. The van der Waals surface area contributed by atoms with Crippen molar-refractivity contribution in [2.45, 2.75) is 65.2 Å². The number of amidine groups is 1. The maximum Gasteiger partial charge on any atom is 0.337 e. The van der Waals surface area contributed by atoms with Crippen molar-refractivity contribution >= 4 is 23.4 Å². The van der Waals surface area contributed by atoms with Crippen molar-refractivity contribution in [3.8, 4) is 0 Å². The van der Waals surface area contributed by atoms with Crippen LogP contribution in [0.3, 0.4) is 0 Å². The summed E-state index contributed by atoms with van der Waals surface area (Å²) in [4.78, 5) is 18.9. The largest absolute Gasteiger partial charge is 0.478 e. The topological polar surface area (TPSA) is 74.6 Å². The molecule has 0 saturated carbocycles. The molecule has 2 atom stereocenters. The van der Waals surface area contributed by atoms with Crippen LogP contribution in [0.25, 0.3) is 0 Å². The average molecular weight is 536 g/mol. The van der Waals surface area contributed by atoms with Gasteiger partial charge in [-0.1, -0.05) is 82.3 Å². The van der Waals surface area contributed by atoms with Gasteiger partial charge in [0.2, 0.25) is 0 Å². The minimum atomic E-state index is -1.00. The minimum absolute atomic E-state index is 0.0331. The van der Waals surface area contributed by atoms with E-state index < -0.39 is 10.8 Å². The van der Waals surface area contributed by atoms with Crippen LogP contribution in [0.5, 0.6) is 0 Å². The monoisotopic (exact) mass is 535 g/mol. The lowest BCUT2D eigenvalue weighted by atomic mass is 9.82. The Balaban J connectivity index is 0.00000172. The number of carboxylic acid groups (broad SMARTS) is 1. The van der Waals surface area contributed by atoms with E-state index in [4.69, 9.17) is 11.6 Å². The molecule has 1 aromatic carbocycles. The summed E-state index contributed by atoms with van der Waals surface area (Å²) < 4.78 is 0. The third kappa shape index (κ3) is 10.1. The lowest BCUT2D eigenvalue weighted by Gasteiger charge is -2.32. The number of pyridine rings is 1. The van der Waals surface area contributed by atoms with Gasteiger partial charge in [-0.05, 0) is 55.2 Å². The molecule has 1 heterocycles. The maximum atomic E-state index is 11.2. The van der Waals surface area contributed by atoms with Crippen LogP contribution in [0, 0.1) is 0 Å². The summed E-state index contributed by atoms with van der Waals surface area (Å²) in [5, 5.41) is 12.5. The van der Waals surface area contributed by atoms with Gasteiger partial charge in [0, 0.05) is 37.5 Å². The molecular weight excluding hydrogens is 494 g/mol. The molecular formula is C32H42ClN3O2. The SMILES string of the molecule is C/C=C\C=C/Cc1ccc(C2C=CC(NC(Cc3cncc(C(=O)O)c3)=NC)=CC2(C)Cl)cc1.CC.CC. The van der Waals surface area contributed by atoms with E-state index in [9.17, 15) is 9.90 Å². The van der Waals surface area contributed by atoms with Crippen molar-refractivity contribution in [1.82, 2.24) is 10.3 Å². The standard InChI is InChI=1S/C28H30ClN3O2.2C2H6/c1-4-5-6-7-8-20-9-11-22(12-10-20)25-14-13-24(17-28(25,2)29)32-26(30-3)16-21-15-23(27(33)34)19-31-18-21;2*1-2/h4-7,9-15,17-19,25H,8,16H2,1-3H3,(H,30,32)(H,33,34);2*1-2H3/b5-4-,7-6-;;. The first-order valence-electron chi connectivity index (χ1n) is 13.2. The summed E-state index contributed by atoms with van der Waals surface area (Å²) in [6, 6.07) is 10.2. The Hall–Kier alpha value is -3.44. The number of hydrogen-bond acceptors (Lipinski definition) is 3. The van der Waals surface area contributed by atoms with Crippen molar-refractivity contribution in [1.29, 1.82) is 0 Å². The molecule has 2 aromatic rings. The first kappa shape index (κ1) is 32.6. The van der Waals surface area contributed by atoms with Crippen LogP contribution in [-0.4, -0.2) is 33.8 Å². The summed E-state index contributed by atoms with van der Waals surface area (Å²) in [7, 11) is 1.70. The van der Waals surface area contributed by atoms with E-state index in [-0.39, 0.29) is 11.5 Å². The van der Waals surface area contributed by atoms with Crippen molar-refractivity contribution in [2.24, 2.45) is 4.99 Å². The number of hydrogen-bond donors (Lipinski definition) is 2. The normalized spacial score (nSPS) is 18.8. The van der Waals surface area contributed by atoms with E-state index in [1.54, 1.807) is 19.3 Å². The summed E-state index contributed by atoms with van der Waals surface area (Å²) >= 11 is 6.97. The van der Waals surface area contributed by atoms with Crippen LogP contribution in [0.4, 0.5) is 0 Å². The zero-order valence-electron chi connectivity index (χ0n) is 23.7. The molecule has 0 aliphatic heterocycles. The second-order valence-electron chi connectivity index (χ2n) is 8.35. The van der Waals surface area contributed by atoms with Crippen LogP contribution < -0.4 is 5.32 Å². The van der Waals surface area contributed by atoms with E-state index >= 15 is 0 Å². The molecule has 5 nitrogen and oxygen atoms in total. The van der Waals surface area contributed by atoms with Gasteiger partial charge < -0.3 is 10.4 Å². The van der Waals surface area contributed by atoms with Crippen molar-refractivity contribution in [2.75, 3.05) is 7.05 Å². The Bertz CT molecular complexity index is 1160. The van der Waals surface area contributed by atoms with E-state index in [0.29, 0.717) is 12.3 Å². The third-order valence-corrected chi connectivity index (χ3v) is 5.96. The zero-order chi connectivity index (χ0) is 28.6. The van der Waals surface area contributed by atoms with Gasteiger partial charge in [0.1, 0.15) is 5.84 Å². The highest BCUT2D eigenvalue weighted by atomic mass is 35.5. The Kier molecular flexibility index (Phi) is 14.7. The molecule has 1 aliphatic rings. The van der Waals surface area contributed by atoms with Crippen LogP contribution in [0.15, 0.2) is 95.9 Å². The highest BCUT2D eigenvalue weighted by molar-refractivity contribution is 6.26. The number of carboxylic acids is 1. The fourth-order valence-corrected chi connectivity index (χ4v) is 4.16. The molecule has 1 aliphatic carbocycles. The quantitative estimate of drug-likeness (QED) is 0.156. The molecule has 0 fully saturated rings. The lowest BCUT2D eigenvalue weighted by molar-refractivity contribution is 0.0696. The Labute approximate surface area is 233 Å². The highest BCUT2D eigenvalue weighted by Crippen LogP contribution is 2.39. The fraction of sp³-hybridized carbons (Fsp3) is 0.344. The van der Waals surface area contributed by atoms with Gasteiger partial charge in [0.05, 0.1) is 10.4 Å².